The van der Waals surface area contributed by atoms with Gasteiger partial charge in [-0.2, -0.15) is 0 Å². The first-order chi connectivity index (χ1) is 7.46. The Balaban J connectivity index is -0.000000152. The number of rotatable bonds is 0. The number of carbonyl (C=O) groups is 1. The van der Waals surface area contributed by atoms with E-state index in [2.05, 4.69) is 0 Å². The highest BCUT2D eigenvalue weighted by Crippen LogP contribution is 2.03. The molecule has 94 valence electrons. The Bertz CT molecular complexity index is 182. The van der Waals surface area contributed by atoms with Crippen LogP contribution in [0.4, 0.5) is 0 Å². The van der Waals surface area contributed by atoms with Crippen molar-refractivity contribution in [3.63, 3.8) is 0 Å². The molecule has 0 unspecified atom stereocenters. The largest absolute Gasteiger partial charge is 0.400 e. The number of benzene rings is 1. The molecule has 0 atom stereocenters. The fourth-order valence-electron chi connectivity index (χ4n) is 0.385. The van der Waals surface area contributed by atoms with Crippen LogP contribution >= 0.6 is 34.8 Å². The molecule has 0 heterocycles. The number of ketones is 1. The van der Waals surface area contributed by atoms with E-state index in [0.717, 1.165) is 7.11 Å². The van der Waals surface area contributed by atoms with Crippen LogP contribution in [0.15, 0.2) is 36.4 Å². The Kier molecular flexibility index (Phi) is 26.5. The first kappa shape index (κ1) is 21.1. The summed E-state index contributed by atoms with van der Waals surface area (Å²) in [6, 6.07) is 12.0. The fourth-order valence-corrected chi connectivity index (χ4v) is 0.385. The molecule has 0 fully saturated rings. The summed E-state index contributed by atoms with van der Waals surface area (Å²) >= 11 is 14.4. The lowest BCUT2D eigenvalue weighted by Crippen LogP contribution is -1.69. The highest BCUT2D eigenvalue weighted by molar-refractivity contribution is 6.63. The van der Waals surface area contributed by atoms with E-state index in [0.29, 0.717) is 0 Å². The summed E-state index contributed by atoms with van der Waals surface area (Å²) in [6.45, 7) is 3.06. The van der Waals surface area contributed by atoms with E-state index in [-0.39, 0.29) is 5.78 Å². The standard InChI is InChI=1S/C6H6.C3H6O.CHCl3.CH4O/c1-2-4-6-5-3-1;1-3(2)4;2-1(3)4;1-2/h1-6H;1-2H3;1H;2H,1H3. The Morgan fingerprint density at radius 2 is 0.938 bits per heavy atom. The van der Waals surface area contributed by atoms with Crippen LogP contribution in [0.25, 0.3) is 0 Å². The molecule has 0 radical (unpaired) electrons. The first-order valence-corrected chi connectivity index (χ1v) is 5.62. The van der Waals surface area contributed by atoms with Gasteiger partial charge in [0.25, 0.3) is 0 Å². The molecular weight excluding hydrogens is 270 g/mol. The molecule has 0 aliphatic rings. The summed E-state index contributed by atoms with van der Waals surface area (Å²) in [6.07, 6.45) is 0. The maximum absolute atomic E-state index is 9.44. The monoisotopic (exact) mass is 286 g/mol. The Morgan fingerprint density at radius 1 is 0.875 bits per heavy atom. The summed E-state index contributed by atoms with van der Waals surface area (Å²) < 4.78 is -0.750. The molecule has 0 saturated heterocycles. The van der Waals surface area contributed by atoms with Crippen LogP contribution in [0.2, 0.25) is 0 Å². The first-order valence-electron chi connectivity index (χ1n) is 4.31. The van der Waals surface area contributed by atoms with Gasteiger partial charge in [-0.25, -0.2) is 0 Å². The van der Waals surface area contributed by atoms with Crippen molar-refractivity contribution in [1.82, 2.24) is 0 Å². The maximum atomic E-state index is 9.44. The van der Waals surface area contributed by atoms with Crippen LogP contribution in [0, 0.1) is 0 Å². The van der Waals surface area contributed by atoms with E-state index in [1.807, 2.05) is 36.4 Å². The van der Waals surface area contributed by atoms with Crippen molar-refractivity contribution in [2.24, 2.45) is 0 Å². The van der Waals surface area contributed by atoms with E-state index in [1.54, 1.807) is 0 Å². The molecule has 1 aromatic carbocycles. The minimum absolute atomic E-state index is 0.167. The van der Waals surface area contributed by atoms with Gasteiger partial charge >= 0.3 is 0 Å². The van der Waals surface area contributed by atoms with Gasteiger partial charge in [0.1, 0.15) is 5.78 Å². The summed E-state index contributed by atoms with van der Waals surface area (Å²) in [7, 11) is 1.00. The van der Waals surface area contributed by atoms with Gasteiger partial charge in [-0.05, 0) is 13.8 Å². The minimum Gasteiger partial charge on any atom is -0.400 e. The van der Waals surface area contributed by atoms with Gasteiger partial charge in [-0.15, -0.1) is 0 Å². The molecular formula is C11H17Cl3O2. The van der Waals surface area contributed by atoms with Gasteiger partial charge in [-0.3, -0.25) is 0 Å². The fraction of sp³-hybridized carbons (Fsp3) is 0.364. The Labute approximate surface area is 112 Å². The van der Waals surface area contributed by atoms with Crippen molar-refractivity contribution >= 4 is 40.6 Å². The molecule has 0 bridgehead atoms. The molecule has 16 heavy (non-hydrogen) atoms. The SMILES string of the molecule is CC(C)=O.CO.ClC(Cl)Cl.c1ccccc1. The van der Waals surface area contributed by atoms with Crippen molar-refractivity contribution in [3.05, 3.63) is 36.4 Å². The van der Waals surface area contributed by atoms with Crippen molar-refractivity contribution in [3.8, 4) is 0 Å². The zero-order valence-corrected chi connectivity index (χ0v) is 11.8. The third-order valence-electron chi connectivity index (χ3n) is 0.667. The number of hydrogen-bond donors (Lipinski definition) is 1. The van der Waals surface area contributed by atoms with E-state index < -0.39 is 4.30 Å². The number of hydrogen-bond acceptors (Lipinski definition) is 2. The minimum atomic E-state index is -0.750. The predicted molar refractivity (Wildman–Crippen MR) is 72.3 cm³/mol. The molecule has 5 heteroatoms. The lowest BCUT2D eigenvalue weighted by atomic mass is 10.4. The van der Waals surface area contributed by atoms with Crippen molar-refractivity contribution in [1.29, 1.82) is 0 Å². The third-order valence-corrected chi connectivity index (χ3v) is 0.667. The molecule has 1 N–H and O–H groups in total. The number of aliphatic hydroxyl groups excluding tert-OH is 1. The van der Waals surface area contributed by atoms with Gasteiger partial charge in [0, 0.05) is 7.11 Å². The van der Waals surface area contributed by atoms with E-state index in [1.165, 1.54) is 13.8 Å². The molecule has 0 aromatic heterocycles. The Hall–Kier alpha value is -0.280. The van der Waals surface area contributed by atoms with Crippen molar-refractivity contribution in [2.45, 2.75) is 18.1 Å². The van der Waals surface area contributed by atoms with Gasteiger partial charge in [0.05, 0.1) is 0 Å². The summed E-state index contributed by atoms with van der Waals surface area (Å²) in [4.78, 5) is 9.44. The smallest absolute Gasteiger partial charge is 0.180 e. The zero-order valence-electron chi connectivity index (χ0n) is 9.53. The molecule has 0 spiro atoms. The number of carbonyl (C=O) groups excluding carboxylic acids is 1. The lowest BCUT2D eigenvalue weighted by molar-refractivity contribution is -0.114. The second-order valence-corrected chi connectivity index (χ2v) is 4.29. The van der Waals surface area contributed by atoms with E-state index >= 15 is 0 Å². The second-order valence-electron chi connectivity index (χ2n) is 2.31. The van der Waals surface area contributed by atoms with E-state index in [9.17, 15) is 4.79 Å². The second kappa shape index (κ2) is 20.2. The van der Waals surface area contributed by atoms with Gasteiger partial charge < -0.3 is 9.90 Å². The predicted octanol–water partition coefficient (Wildman–Crippen LogP) is 3.88. The summed E-state index contributed by atoms with van der Waals surface area (Å²) in [5.41, 5.74) is 0. The van der Waals surface area contributed by atoms with Crippen LogP contribution in [0.5, 0.6) is 0 Å². The molecule has 0 aliphatic heterocycles. The van der Waals surface area contributed by atoms with Gasteiger partial charge in [0.2, 0.25) is 0 Å². The quantitative estimate of drug-likeness (QED) is 0.735. The normalized spacial score (nSPS) is 7.25. The van der Waals surface area contributed by atoms with Gasteiger partial charge in [0.15, 0.2) is 4.30 Å². The number of aliphatic hydroxyl groups is 1. The maximum Gasteiger partial charge on any atom is 0.180 e. The molecule has 0 saturated carbocycles. The molecule has 0 amide bonds. The van der Waals surface area contributed by atoms with Crippen LogP contribution in [0.3, 0.4) is 0 Å². The highest BCUT2D eigenvalue weighted by atomic mass is 35.6. The lowest BCUT2D eigenvalue weighted by Gasteiger charge is -1.69. The van der Waals surface area contributed by atoms with Crippen LogP contribution in [0.1, 0.15) is 13.8 Å². The number of halogens is 3. The summed E-state index contributed by atoms with van der Waals surface area (Å²) in [5.74, 6) is 0.167. The Morgan fingerprint density at radius 3 is 1.00 bits per heavy atom. The van der Waals surface area contributed by atoms with Crippen LogP contribution in [-0.4, -0.2) is 22.3 Å². The molecule has 0 aliphatic carbocycles. The zero-order chi connectivity index (χ0) is 13.4. The highest BCUT2D eigenvalue weighted by Gasteiger charge is 1.78. The number of Topliss-reactive ketones (excluding diaryl/α,β-unsaturated/α-hetero) is 1. The van der Waals surface area contributed by atoms with Crippen LogP contribution in [-0.2, 0) is 4.79 Å². The number of alkyl halides is 3. The molecule has 1 rings (SSSR count). The summed E-state index contributed by atoms with van der Waals surface area (Å²) in [5, 5.41) is 7.00. The average molecular weight is 288 g/mol. The average Bonchev–Trinajstić information content (AvgIpc) is 2.22. The van der Waals surface area contributed by atoms with Crippen molar-refractivity contribution in [2.75, 3.05) is 7.11 Å². The molecule has 1 aromatic rings. The van der Waals surface area contributed by atoms with E-state index in [4.69, 9.17) is 39.9 Å². The third kappa shape index (κ3) is 67.8. The molecule has 2 nitrogen and oxygen atoms in total. The van der Waals surface area contributed by atoms with Crippen LogP contribution < -0.4 is 0 Å². The van der Waals surface area contributed by atoms with Crippen molar-refractivity contribution < 1.29 is 9.90 Å². The topological polar surface area (TPSA) is 37.3 Å². The van der Waals surface area contributed by atoms with Gasteiger partial charge in [-0.1, -0.05) is 71.2 Å².